The predicted octanol–water partition coefficient (Wildman–Crippen LogP) is 5.05. The van der Waals surface area contributed by atoms with E-state index in [-0.39, 0.29) is 0 Å². The number of hydrogen-bond donors (Lipinski definition) is 0. The van der Waals surface area contributed by atoms with Gasteiger partial charge in [-0.3, -0.25) is 0 Å². The van der Waals surface area contributed by atoms with E-state index in [1.54, 1.807) is 0 Å². The fraction of sp³-hybridized carbons (Fsp3) is 0.333. The summed E-state index contributed by atoms with van der Waals surface area (Å²) in [7, 11) is 0. The average molecular weight is 301 g/mol. The second-order valence-corrected chi connectivity index (χ2v) is 6.50. The van der Waals surface area contributed by atoms with E-state index in [0.717, 1.165) is 12.8 Å². The van der Waals surface area contributed by atoms with Gasteiger partial charge in [-0.2, -0.15) is 0 Å². The fourth-order valence-corrected chi connectivity index (χ4v) is 4.52. The molecule has 0 bridgehead atoms. The maximum atomic E-state index is 3.80. The lowest BCUT2D eigenvalue weighted by Crippen LogP contribution is -1.94. The molecule has 2 rings (SSSR count). The summed E-state index contributed by atoms with van der Waals surface area (Å²) < 4.78 is 0. The minimum absolute atomic E-state index is 0.478. The van der Waals surface area contributed by atoms with Crippen molar-refractivity contribution in [1.29, 1.82) is 0 Å². The van der Waals surface area contributed by atoms with Crippen LogP contribution in [-0.2, 0) is 12.8 Å². The first kappa shape index (κ1) is 11.4. The maximum Gasteiger partial charge on any atom is 0.0540 e. The first-order valence-electron chi connectivity index (χ1n) is 5.04. The van der Waals surface area contributed by atoms with Gasteiger partial charge in [0, 0.05) is 9.75 Å². The molecule has 80 valence electrons. The van der Waals surface area contributed by atoms with Gasteiger partial charge >= 0.3 is 0 Å². The number of alkyl halides is 1. The average Bonchev–Trinajstić information content (AvgIpc) is 2.86. The number of aryl methyl sites for hydroxylation is 1. The van der Waals surface area contributed by atoms with Gasteiger partial charge in [0.2, 0.25) is 0 Å². The highest BCUT2D eigenvalue weighted by molar-refractivity contribution is 9.09. The van der Waals surface area contributed by atoms with Gasteiger partial charge in [-0.25, -0.2) is 0 Å². The van der Waals surface area contributed by atoms with Gasteiger partial charge in [0.25, 0.3) is 0 Å². The van der Waals surface area contributed by atoms with Gasteiger partial charge in [-0.05, 0) is 41.3 Å². The number of halogens is 1. The molecule has 0 radical (unpaired) electrons. The van der Waals surface area contributed by atoms with Crippen molar-refractivity contribution in [2.75, 3.05) is 0 Å². The maximum absolute atomic E-state index is 3.80. The van der Waals surface area contributed by atoms with Crippen LogP contribution in [0.4, 0.5) is 0 Å². The summed E-state index contributed by atoms with van der Waals surface area (Å²) in [5.74, 6) is 0. The zero-order valence-electron chi connectivity index (χ0n) is 8.57. The van der Waals surface area contributed by atoms with Crippen molar-refractivity contribution in [3.63, 3.8) is 0 Å². The molecule has 0 saturated heterocycles. The van der Waals surface area contributed by atoms with E-state index in [1.165, 1.54) is 15.3 Å². The molecule has 2 heterocycles. The van der Waals surface area contributed by atoms with Crippen LogP contribution in [0.5, 0.6) is 0 Å². The Morgan fingerprint density at radius 3 is 2.80 bits per heavy atom. The van der Waals surface area contributed by atoms with E-state index in [4.69, 9.17) is 0 Å². The van der Waals surface area contributed by atoms with Gasteiger partial charge in [0.1, 0.15) is 0 Å². The fourth-order valence-electron chi connectivity index (χ4n) is 1.61. The Morgan fingerprint density at radius 2 is 2.13 bits per heavy atom. The molecule has 0 N–H and O–H groups in total. The molecule has 0 nitrogen and oxygen atoms in total. The molecular formula is C12H13BrS2. The molecule has 15 heavy (non-hydrogen) atoms. The van der Waals surface area contributed by atoms with E-state index >= 15 is 0 Å². The standard InChI is InChI=1S/C12H13BrS2/c1-2-9-5-7-15-12(9)11(13)8-10-4-3-6-14-10/h3-7,11H,2,8H2,1H3. The van der Waals surface area contributed by atoms with Gasteiger partial charge in [0.05, 0.1) is 4.83 Å². The Balaban J connectivity index is 2.11. The van der Waals surface area contributed by atoms with Gasteiger partial charge in [0.15, 0.2) is 0 Å². The van der Waals surface area contributed by atoms with Crippen molar-refractivity contribution >= 4 is 38.6 Å². The third kappa shape index (κ3) is 2.71. The van der Waals surface area contributed by atoms with Crippen molar-refractivity contribution in [3.05, 3.63) is 44.3 Å². The molecule has 2 aromatic rings. The van der Waals surface area contributed by atoms with E-state index in [2.05, 4.69) is 51.8 Å². The number of hydrogen-bond acceptors (Lipinski definition) is 2. The minimum Gasteiger partial charge on any atom is -0.149 e. The normalized spacial score (nSPS) is 12.9. The Kier molecular flexibility index (Phi) is 4.00. The zero-order valence-corrected chi connectivity index (χ0v) is 11.8. The van der Waals surface area contributed by atoms with Crippen LogP contribution in [0.15, 0.2) is 29.0 Å². The minimum atomic E-state index is 0.478. The van der Waals surface area contributed by atoms with Crippen LogP contribution in [0.3, 0.4) is 0 Å². The highest BCUT2D eigenvalue weighted by Gasteiger charge is 2.13. The molecule has 0 aliphatic carbocycles. The number of thiophene rings is 2. The molecule has 0 saturated carbocycles. The first-order chi connectivity index (χ1) is 7.31. The van der Waals surface area contributed by atoms with Crippen molar-refractivity contribution in [3.8, 4) is 0 Å². The second kappa shape index (κ2) is 5.28. The summed E-state index contributed by atoms with van der Waals surface area (Å²) in [5.41, 5.74) is 1.48. The van der Waals surface area contributed by atoms with Gasteiger partial charge < -0.3 is 0 Å². The Hall–Kier alpha value is -0.120. The molecular weight excluding hydrogens is 288 g/mol. The monoisotopic (exact) mass is 300 g/mol. The molecule has 0 aliphatic heterocycles. The highest BCUT2D eigenvalue weighted by atomic mass is 79.9. The van der Waals surface area contributed by atoms with E-state index in [1.807, 2.05) is 22.7 Å². The Labute approximate surface area is 107 Å². The first-order valence-corrected chi connectivity index (χ1v) is 7.71. The molecule has 3 heteroatoms. The molecule has 0 spiro atoms. The van der Waals surface area contributed by atoms with Crippen LogP contribution in [0.25, 0.3) is 0 Å². The summed E-state index contributed by atoms with van der Waals surface area (Å²) >= 11 is 7.49. The van der Waals surface area contributed by atoms with Crippen molar-refractivity contribution in [1.82, 2.24) is 0 Å². The van der Waals surface area contributed by atoms with Crippen LogP contribution in [0.2, 0.25) is 0 Å². The van der Waals surface area contributed by atoms with Crippen LogP contribution >= 0.6 is 38.6 Å². The smallest absolute Gasteiger partial charge is 0.0540 e. The molecule has 1 atom stereocenters. The lowest BCUT2D eigenvalue weighted by molar-refractivity contribution is 0.963. The molecule has 1 unspecified atom stereocenters. The second-order valence-electron chi connectivity index (χ2n) is 3.41. The SMILES string of the molecule is CCc1ccsc1C(Br)Cc1cccs1. The summed E-state index contributed by atoms with van der Waals surface area (Å²) in [6, 6.07) is 6.57. The van der Waals surface area contributed by atoms with E-state index in [0.29, 0.717) is 4.83 Å². The molecule has 0 aromatic carbocycles. The van der Waals surface area contributed by atoms with Crippen LogP contribution in [-0.4, -0.2) is 0 Å². The van der Waals surface area contributed by atoms with Crippen molar-refractivity contribution < 1.29 is 0 Å². The van der Waals surface area contributed by atoms with E-state index in [9.17, 15) is 0 Å². The molecule has 2 aromatic heterocycles. The van der Waals surface area contributed by atoms with E-state index < -0.39 is 0 Å². The lowest BCUT2D eigenvalue weighted by Gasteiger charge is -2.08. The van der Waals surface area contributed by atoms with Crippen LogP contribution < -0.4 is 0 Å². The Morgan fingerprint density at radius 1 is 1.27 bits per heavy atom. The van der Waals surface area contributed by atoms with Gasteiger partial charge in [-0.1, -0.05) is 28.9 Å². The number of rotatable bonds is 4. The lowest BCUT2D eigenvalue weighted by atomic mass is 10.1. The Bertz CT molecular complexity index is 403. The quantitative estimate of drug-likeness (QED) is 0.693. The third-order valence-corrected chi connectivity index (χ3v) is 5.46. The topological polar surface area (TPSA) is 0 Å². The summed E-state index contributed by atoms with van der Waals surface area (Å²) in [6.07, 6.45) is 2.23. The summed E-state index contributed by atoms with van der Waals surface area (Å²) in [5, 5.41) is 4.33. The summed E-state index contributed by atoms with van der Waals surface area (Å²) in [6.45, 7) is 2.22. The molecule has 0 aliphatic rings. The van der Waals surface area contributed by atoms with Crippen LogP contribution in [0.1, 0.15) is 27.1 Å². The summed E-state index contributed by atoms with van der Waals surface area (Å²) in [4.78, 5) is 3.42. The molecule has 0 amide bonds. The predicted molar refractivity (Wildman–Crippen MR) is 73.4 cm³/mol. The molecule has 0 fully saturated rings. The largest absolute Gasteiger partial charge is 0.149 e. The van der Waals surface area contributed by atoms with Crippen LogP contribution in [0, 0.1) is 0 Å². The van der Waals surface area contributed by atoms with Crippen molar-refractivity contribution in [2.24, 2.45) is 0 Å². The highest BCUT2D eigenvalue weighted by Crippen LogP contribution is 2.34. The zero-order chi connectivity index (χ0) is 10.7. The van der Waals surface area contributed by atoms with Gasteiger partial charge in [-0.15, -0.1) is 22.7 Å². The van der Waals surface area contributed by atoms with Crippen molar-refractivity contribution in [2.45, 2.75) is 24.6 Å². The third-order valence-electron chi connectivity index (χ3n) is 2.41.